The Morgan fingerprint density at radius 1 is 1.26 bits per heavy atom. The number of fused-ring (bicyclic) bond motifs is 1. The Kier molecular flexibility index (Phi) is 5.87. The van der Waals surface area contributed by atoms with Crippen molar-refractivity contribution in [2.45, 2.75) is 4.90 Å². The second kappa shape index (κ2) is 6.76. The number of rotatable bonds is 4. The SMILES string of the molecule is Cl.NCCNS(=O)(=O)c1cc2c(cc1Br)OCCO2. The summed E-state index contributed by atoms with van der Waals surface area (Å²) in [6.07, 6.45) is 0. The Morgan fingerprint density at radius 3 is 2.42 bits per heavy atom. The third kappa shape index (κ3) is 3.73. The number of nitrogens with two attached hydrogens (primary N) is 1. The molecule has 0 aromatic heterocycles. The van der Waals surface area contributed by atoms with Crippen LogP contribution >= 0.6 is 28.3 Å². The molecule has 1 aromatic carbocycles. The lowest BCUT2D eigenvalue weighted by molar-refractivity contribution is 0.171. The number of hydrogen-bond donors (Lipinski definition) is 2. The summed E-state index contributed by atoms with van der Waals surface area (Å²) in [5, 5.41) is 0. The maximum atomic E-state index is 12.0. The molecule has 9 heteroatoms. The molecule has 2 rings (SSSR count). The molecule has 0 atom stereocenters. The summed E-state index contributed by atoms with van der Waals surface area (Å²) >= 11 is 3.22. The van der Waals surface area contributed by atoms with Crippen LogP contribution < -0.4 is 19.9 Å². The van der Waals surface area contributed by atoms with Crippen molar-refractivity contribution in [3.8, 4) is 11.5 Å². The average Bonchev–Trinajstić information content (AvgIpc) is 2.35. The van der Waals surface area contributed by atoms with Crippen LogP contribution in [0, 0.1) is 0 Å². The van der Waals surface area contributed by atoms with Gasteiger partial charge in [0.15, 0.2) is 11.5 Å². The van der Waals surface area contributed by atoms with Crippen LogP contribution in [0.1, 0.15) is 0 Å². The number of benzene rings is 1. The van der Waals surface area contributed by atoms with Crippen molar-refractivity contribution >= 4 is 38.4 Å². The highest BCUT2D eigenvalue weighted by Crippen LogP contribution is 2.37. The van der Waals surface area contributed by atoms with Crippen LogP contribution in [0.2, 0.25) is 0 Å². The van der Waals surface area contributed by atoms with E-state index in [9.17, 15) is 8.42 Å². The standard InChI is InChI=1S/C10H13BrN2O4S.ClH/c11-7-5-8-9(17-4-3-16-8)6-10(7)18(14,15)13-2-1-12;/h5-6,13H,1-4,12H2;1H. The number of hydrogen-bond acceptors (Lipinski definition) is 5. The van der Waals surface area contributed by atoms with E-state index in [2.05, 4.69) is 20.7 Å². The van der Waals surface area contributed by atoms with E-state index in [1.807, 2.05) is 0 Å². The molecule has 0 spiro atoms. The lowest BCUT2D eigenvalue weighted by Gasteiger charge is -2.19. The summed E-state index contributed by atoms with van der Waals surface area (Å²) in [6.45, 7) is 1.28. The van der Waals surface area contributed by atoms with Crippen LogP contribution in [0.15, 0.2) is 21.5 Å². The van der Waals surface area contributed by atoms with Gasteiger partial charge in [0.2, 0.25) is 10.0 Å². The Bertz CT molecular complexity index is 553. The van der Waals surface area contributed by atoms with E-state index in [0.717, 1.165) is 0 Å². The number of ether oxygens (including phenoxy) is 2. The molecule has 0 saturated heterocycles. The maximum Gasteiger partial charge on any atom is 0.241 e. The molecular formula is C10H14BrClN2O4S. The van der Waals surface area contributed by atoms with Gasteiger partial charge in [-0.2, -0.15) is 0 Å². The van der Waals surface area contributed by atoms with Gasteiger partial charge in [-0.15, -0.1) is 12.4 Å². The van der Waals surface area contributed by atoms with E-state index in [0.29, 0.717) is 29.2 Å². The molecule has 1 heterocycles. The monoisotopic (exact) mass is 372 g/mol. The van der Waals surface area contributed by atoms with Gasteiger partial charge >= 0.3 is 0 Å². The van der Waals surface area contributed by atoms with Gasteiger partial charge in [-0.25, -0.2) is 13.1 Å². The highest BCUT2D eigenvalue weighted by molar-refractivity contribution is 9.10. The third-order valence-corrected chi connectivity index (χ3v) is 4.74. The molecule has 0 bridgehead atoms. The van der Waals surface area contributed by atoms with Crippen molar-refractivity contribution in [2.24, 2.45) is 5.73 Å². The quantitative estimate of drug-likeness (QED) is 0.817. The van der Waals surface area contributed by atoms with E-state index in [-0.39, 0.29) is 30.4 Å². The van der Waals surface area contributed by atoms with Crippen LogP contribution in [0.3, 0.4) is 0 Å². The van der Waals surface area contributed by atoms with Crippen LogP contribution in [0.25, 0.3) is 0 Å². The van der Waals surface area contributed by atoms with Crippen molar-refractivity contribution in [1.29, 1.82) is 0 Å². The molecule has 19 heavy (non-hydrogen) atoms. The van der Waals surface area contributed by atoms with Crippen LogP contribution in [0.5, 0.6) is 11.5 Å². The fourth-order valence-electron chi connectivity index (χ4n) is 1.52. The molecule has 6 nitrogen and oxygen atoms in total. The molecule has 3 N–H and O–H groups in total. The van der Waals surface area contributed by atoms with Crippen molar-refractivity contribution in [1.82, 2.24) is 4.72 Å². The summed E-state index contributed by atoms with van der Waals surface area (Å²) in [5.41, 5.74) is 5.28. The van der Waals surface area contributed by atoms with Gasteiger partial charge in [-0.05, 0) is 22.0 Å². The smallest absolute Gasteiger partial charge is 0.241 e. The summed E-state index contributed by atoms with van der Waals surface area (Å²) in [7, 11) is -3.60. The first-order valence-electron chi connectivity index (χ1n) is 5.33. The summed E-state index contributed by atoms with van der Waals surface area (Å²) in [5.74, 6) is 0.962. The molecule has 1 aliphatic heterocycles. The molecule has 0 radical (unpaired) electrons. The van der Waals surface area contributed by atoms with Gasteiger partial charge in [0.05, 0.1) is 0 Å². The topological polar surface area (TPSA) is 90.7 Å². The van der Waals surface area contributed by atoms with Crippen LogP contribution in [0.4, 0.5) is 0 Å². The second-order valence-corrected chi connectivity index (χ2v) is 6.20. The van der Waals surface area contributed by atoms with Gasteiger partial charge in [0.1, 0.15) is 18.1 Å². The number of halogens is 2. The Morgan fingerprint density at radius 2 is 1.84 bits per heavy atom. The van der Waals surface area contributed by atoms with E-state index in [1.54, 1.807) is 6.07 Å². The Balaban J connectivity index is 0.00000180. The minimum atomic E-state index is -3.60. The molecule has 0 amide bonds. The average molecular weight is 374 g/mol. The molecule has 108 valence electrons. The zero-order valence-corrected chi connectivity index (χ0v) is 13.1. The normalized spacial score (nSPS) is 13.8. The van der Waals surface area contributed by atoms with E-state index in [1.165, 1.54) is 6.07 Å². The first kappa shape index (κ1) is 16.5. The molecule has 0 saturated carbocycles. The molecule has 0 fully saturated rings. The van der Waals surface area contributed by atoms with E-state index in [4.69, 9.17) is 15.2 Å². The van der Waals surface area contributed by atoms with Gasteiger partial charge in [0, 0.05) is 23.6 Å². The molecule has 1 aliphatic rings. The minimum Gasteiger partial charge on any atom is -0.486 e. The first-order chi connectivity index (χ1) is 8.54. The van der Waals surface area contributed by atoms with Crippen molar-refractivity contribution in [3.63, 3.8) is 0 Å². The predicted molar refractivity (Wildman–Crippen MR) is 76.6 cm³/mol. The number of nitrogens with one attached hydrogen (secondary N) is 1. The van der Waals surface area contributed by atoms with Gasteiger partial charge < -0.3 is 15.2 Å². The van der Waals surface area contributed by atoms with Gasteiger partial charge in [-0.3, -0.25) is 0 Å². The highest BCUT2D eigenvalue weighted by atomic mass is 79.9. The maximum absolute atomic E-state index is 12.0. The lowest BCUT2D eigenvalue weighted by Crippen LogP contribution is -2.29. The van der Waals surface area contributed by atoms with Crippen molar-refractivity contribution < 1.29 is 17.9 Å². The Labute approximate surface area is 126 Å². The van der Waals surface area contributed by atoms with Crippen molar-refractivity contribution in [2.75, 3.05) is 26.3 Å². The fourth-order valence-corrected chi connectivity index (χ4v) is 3.60. The number of sulfonamides is 1. The van der Waals surface area contributed by atoms with Gasteiger partial charge in [-0.1, -0.05) is 0 Å². The summed E-state index contributed by atoms with van der Waals surface area (Å²) in [6, 6.07) is 3.03. The largest absolute Gasteiger partial charge is 0.486 e. The molecular weight excluding hydrogens is 360 g/mol. The first-order valence-corrected chi connectivity index (χ1v) is 7.61. The zero-order valence-electron chi connectivity index (χ0n) is 9.89. The van der Waals surface area contributed by atoms with Crippen LogP contribution in [-0.2, 0) is 10.0 Å². The predicted octanol–water partition coefficient (Wildman–Crippen LogP) is 0.879. The van der Waals surface area contributed by atoms with E-state index >= 15 is 0 Å². The van der Waals surface area contributed by atoms with E-state index < -0.39 is 10.0 Å². The second-order valence-electron chi connectivity index (χ2n) is 3.61. The zero-order chi connectivity index (χ0) is 13.2. The molecule has 1 aromatic rings. The molecule has 0 aliphatic carbocycles. The van der Waals surface area contributed by atoms with Crippen LogP contribution in [-0.4, -0.2) is 34.7 Å². The summed E-state index contributed by atoms with van der Waals surface area (Å²) < 4.78 is 37.5. The highest BCUT2D eigenvalue weighted by Gasteiger charge is 2.22. The van der Waals surface area contributed by atoms with Gasteiger partial charge in [0.25, 0.3) is 0 Å². The molecule has 0 unspecified atom stereocenters. The Hall–Kier alpha value is -0.540. The third-order valence-electron chi connectivity index (χ3n) is 2.32. The summed E-state index contributed by atoms with van der Waals surface area (Å²) in [4.78, 5) is 0.111. The van der Waals surface area contributed by atoms with Crippen molar-refractivity contribution in [3.05, 3.63) is 16.6 Å². The lowest BCUT2D eigenvalue weighted by atomic mass is 10.3. The fraction of sp³-hybridized carbons (Fsp3) is 0.400. The minimum absolute atomic E-state index is 0.